The predicted molar refractivity (Wildman–Crippen MR) is 89.2 cm³/mol. The Balaban J connectivity index is 1.74. The zero-order chi connectivity index (χ0) is 16.9. The van der Waals surface area contributed by atoms with Gasteiger partial charge in [-0.3, -0.25) is 4.79 Å². The molecule has 2 aromatic carbocycles. The van der Waals surface area contributed by atoms with E-state index in [1.165, 1.54) is 24.3 Å². The number of para-hydroxylation sites is 1. The third-order valence-electron chi connectivity index (χ3n) is 5.15. The van der Waals surface area contributed by atoms with Crippen LogP contribution in [-0.4, -0.2) is 35.7 Å². The van der Waals surface area contributed by atoms with Gasteiger partial charge in [0.15, 0.2) is 0 Å². The first-order valence-electron chi connectivity index (χ1n) is 8.13. The van der Waals surface area contributed by atoms with E-state index in [1.807, 2.05) is 36.2 Å². The van der Waals surface area contributed by atoms with Gasteiger partial charge in [-0.15, -0.1) is 0 Å². The summed E-state index contributed by atoms with van der Waals surface area (Å²) < 4.78 is 13.1. The SMILES string of the molecule is CN1c2ccccc2C2(O)CCCN(C(=O)c3ccc(F)cc3)C12. The molecule has 0 aliphatic carbocycles. The van der Waals surface area contributed by atoms with Crippen molar-refractivity contribution in [2.24, 2.45) is 0 Å². The molecule has 5 heteroatoms. The molecule has 2 heterocycles. The largest absolute Gasteiger partial charge is 0.381 e. The topological polar surface area (TPSA) is 43.8 Å². The Morgan fingerprint density at radius 3 is 2.67 bits per heavy atom. The average molecular weight is 326 g/mol. The van der Waals surface area contributed by atoms with Gasteiger partial charge in [0.25, 0.3) is 5.91 Å². The highest BCUT2D eigenvalue weighted by Crippen LogP contribution is 2.49. The number of hydrogen-bond donors (Lipinski definition) is 1. The summed E-state index contributed by atoms with van der Waals surface area (Å²) in [6, 6.07) is 13.3. The quantitative estimate of drug-likeness (QED) is 0.876. The normalized spacial score (nSPS) is 25.4. The van der Waals surface area contributed by atoms with Gasteiger partial charge in [-0.1, -0.05) is 18.2 Å². The molecule has 2 aliphatic rings. The molecule has 0 spiro atoms. The van der Waals surface area contributed by atoms with Crippen molar-refractivity contribution in [3.05, 3.63) is 65.5 Å². The molecule has 1 N–H and O–H groups in total. The van der Waals surface area contributed by atoms with E-state index in [0.29, 0.717) is 18.5 Å². The van der Waals surface area contributed by atoms with Gasteiger partial charge in [-0.05, 0) is 43.2 Å². The highest BCUT2D eigenvalue weighted by molar-refractivity contribution is 5.95. The number of piperidine rings is 1. The van der Waals surface area contributed by atoms with Crippen LogP contribution < -0.4 is 4.90 Å². The fraction of sp³-hybridized carbons (Fsp3) is 0.316. The predicted octanol–water partition coefficient (Wildman–Crippen LogP) is 2.73. The minimum absolute atomic E-state index is 0.183. The van der Waals surface area contributed by atoms with Crippen LogP contribution in [0.4, 0.5) is 10.1 Å². The Bertz CT molecular complexity index is 792. The monoisotopic (exact) mass is 326 g/mol. The maximum absolute atomic E-state index is 13.1. The molecule has 0 bridgehead atoms. The molecule has 4 rings (SSSR count). The summed E-state index contributed by atoms with van der Waals surface area (Å²) in [5.74, 6) is -0.551. The second-order valence-electron chi connectivity index (χ2n) is 6.53. The van der Waals surface area contributed by atoms with Crippen LogP contribution in [-0.2, 0) is 5.60 Å². The van der Waals surface area contributed by atoms with E-state index in [4.69, 9.17) is 0 Å². The molecule has 1 fully saturated rings. The third kappa shape index (κ3) is 2.04. The lowest BCUT2D eigenvalue weighted by Gasteiger charge is -2.45. The molecule has 4 nitrogen and oxygen atoms in total. The Kier molecular flexibility index (Phi) is 3.35. The number of benzene rings is 2. The van der Waals surface area contributed by atoms with Gasteiger partial charge >= 0.3 is 0 Å². The molecule has 0 radical (unpaired) electrons. The average Bonchev–Trinajstić information content (AvgIpc) is 2.83. The highest BCUT2D eigenvalue weighted by Gasteiger charge is 2.54. The molecule has 2 atom stereocenters. The van der Waals surface area contributed by atoms with Gasteiger partial charge in [0.05, 0.1) is 0 Å². The minimum Gasteiger partial charge on any atom is -0.381 e. The molecule has 2 aromatic rings. The van der Waals surface area contributed by atoms with E-state index in [2.05, 4.69) is 0 Å². The fourth-order valence-corrected chi connectivity index (χ4v) is 4.08. The molecular formula is C19H19FN2O2. The molecule has 1 amide bonds. The maximum Gasteiger partial charge on any atom is 0.255 e. The number of fused-ring (bicyclic) bond motifs is 3. The van der Waals surface area contributed by atoms with Crippen molar-refractivity contribution in [1.29, 1.82) is 0 Å². The molecule has 2 unspecified atom stereocenters. The first kappa shape index (κ1) is 15.1. The van der Waals surface area contributed by atoms with Gasteiger partial charge < -0.3 is 14.9 Å². The van der Waals surface area contributed by atoms with Crippen LogP contribution in [0, 0.1) is 5.82 Å². The minimum atomic E-state index is -1.07. The van der Waals surface area contributed by atoms with Crippen LogP contribution in [0.1, 0.15) is 28.8 Å². The zero-order valence-corrected chi connectivity index (χ0v) is 13.4. The van der Waals surface area contributed by atoms with E-state index in [-0.39, 0.29) is 11.7 Å². The summed E-state index contributed by atoms with van der Waals surface area (Å²) in [7, 11) is 1.90. The summed E-state index contributed by atoms with van der Waals surface area (Å²) in [6.07, 6.45) is 0.898. The maximum atomic E-state index is 13.1. The number of likely N-dealkylation sites (N-methyl/N-ethyl adjacent to an activating group) is 1. The van der Waals surface area contributed by atoms with Crippen molar-refractivity contribution < 1.29 is 14.3 Å². The fourth-order valence-electron chi connectivity index (χ4n) is 4.08. The van der Waals surface area contributed by atoms with E-state index < -0.39 is 11.8 Å². The first-order valence-corrected chi connectivity index (χ1v) is 8.13. The third-order valence-corrected chi connectivity index (χ3v) is 5.15. The number of amides is 1. The van der Waals surface area contributed by atoms with E-state index >= 15 is 0 Å². The van der Waals surface area contributed by atoms with E-state index in [1.54, 1.807) is 4.90 Å². The summed E-state index contributed by atoms with van der Waals surface area (Å²) in [5.41, 5.74) is 1.18. The van der Waals surface area contributed by atoms with Crippen molar-refractivity contribution in [2.75, 3.05) is 18.5 Å². The highest BCUT2D eigenvalue weighted by atomic mass is 19.1. The summed E-state index contributed by atoms with van der Waals surface area (Å²) in [6.45, 7) is 0.571. The molecule has 0 aromatic heterocycles. The number of carbonyl (C=O) groups is 1. The first-order chi connectivity index (χ1) is 11.5. The number of hydrogen-bond acceptors (Lipinski definition) is 3. The molecular weight excluding hydrogens is 307 g/mol. The molecule has 124 valence electrons. The van der Waals surface area contributed by atoms with E-state index in [0.717, 1.165) is 17.7 Å². The number of anilines is 1. The van der Waals surface area contributed by atoms with Crippen LogP contribution in [0.3, 0.4) is 0 Å². The van der Waals surface area contributed by atoms with Gasteiger partial charge in [-0.2, -0.15) is 0 Å². The van der Waals surface area contributed by atoms with Crippen LogP contribution >= 0.6 is 0 Å². The van der Waals surface area contributed by atoms with Crippen LogP contribution in [0.25, 0.3) is 0 Å². The number of likely N-dealkylation sites (tertiary alicyclic amines) is 1. The van der Waals surface area contributed by atoms with Crippen molar-refractivity contribution in [3.8, 4) is 0 Å². The van der Waals surface area contributed by atoms with Crippen molar-refractivity contribution in [1.82, 2.24) is 4.90 Å². The molecule has 0 saturated carbocycles. The Morgan fingerprint density at radius 2 is 1.92 bits per heavy atom. The number of rotatable bonds is 1. The summed E-state index contributed by atoms with van der Waals surface area (Å²) in [4.78, 5) is 16.6. The van der Waals surface area contributed by atoms with Gasteiger partial charge in [0.1, 0.15) is 17.6 Å². The van der Waals surface area contributed by atoms with Crippen LogP contribution in [0.2, 0.25) is 0 Å². The summed E-state index contributed by atoms with van der Waals surface area (Å²) >= 11 is 0. The second kappa shape index (κ2) is 5.31. The van der Waals surface area contributed by atoms with Gasteiger partial charge in [-0.25, -0.2) is 4.39 Å². The summed E-state index contributed by atoms with van der Waals surface area (Å²) in [5, 5.41) is 11.3. The Labute approximate surface area is 140 Å². The standard InChI is InChI=1S/C19H19FN2O2/c1-21-16-6-3-2-5-15(16)19(24)11-4-12-22(18(19)21)17(23)13-7-9-14(20)10-8-13/h2-3,5-10,18,24H,4,11-12H2,1H3. The number of nitrogens with zero attached hydrogens (tertiary/aromatic N) is 2. The van der Waals surface area contributed by atoms with E-state index in [9.17, 15) is 14.3 Å². The lowest BCUT2D eigenvalue weighted by atomic mass is 9.85. The lowest BCUT2D eigenvalue weighted by Crippen LogP contribution is -2.60. The Morgan fingerprint density at radius 1 is 1.21 bits per heavy atom. The van der Waals surface area contributed by atoms with Crippen molar-refractivity contribution in [2.45, 2.75) is 24.6 Å². The molecule has 2 aliphatic heterocycles. The zero-order valence-electron chi connectivity index (χ0n) is 13.4. The smallest absolute Gasteiger partial charge is 0.255 e. The molecule has 24 heavy (non-hydrogen) atoms. The van der Waals surface area contributed by atoms with Crippen LogP contribution in [0.5, 0.6) is 0 Å². The van der Waals surface area contributed by atoms with Gasteiger partial charge in [0.2, 0.25) is 0 Å². The van der Waals surface area contributed by atoms with Crippen molar-refractivity contribution >= 4 is 11.6 Å². The lowest BCUT2D eigenvalue weighted by molar-refractivity contribution is -0.0645. The Hall–Kier alpha value is -2.40. The van der Waals surface area contributed by atoms with Gasteiger partial charge in [0, 0.05) is 30.4 Å². The number of halogens is 1. The number of carbonyl (C=O) groups excluding carboxylic acids is 1. The number of aliphatic hydroxyl groups is 1. The van der Waals surface area contributed by atoms with Crippen molar-refractivity contribution in [3.63, 3.8) is 0 Å². The second-order valence-corrected chi connectivity index (χ2v) is 6.53. The molecule has 1 saturated heterocycles. The van der Waals surface area contributed by atoms with Crippen LogP contribution in [0.15, 0.2) is 48.5 Å².